The lowest BCUT2D eigenvalue weighted by Gasteiger charge is -2.31. The van der Waals surface area contributed by atoms with Gasteiger partial charge >= 0.3 is 11.4 Å². The number of pyridine rings is 1. The van der Waals surface area contributed by atoms with Crippen molar-refractivity contribution in [2.24, 2.45) is 0 Å². The predicted molar refractivity (Wildman–Crippen MR) is 148 cm³/mol. The molecule has 210 valence electrons. The number of anilines is 1. The first-order chi connectivity index (χ1) is 18.8. The summed E-state index contributed by atoms with van der Waals surface area (Å²) in [6, 6.07) is 5.28. The average molecular weight is 650 g/mol. The number of alkyl halides is 3. The van der Waals surface area contributed by atoms with Crippen LogP contribution in [0.15, 0.2) is 38.9 Å². The molecule has 1 saturated heterocycles. The van der Waals surface area contributed by atoms with E-state index in [1.807, 2.05) is 4.98 Å². The zero-order valence-electron chi connectivity index (χ0n) is 20.5. The van der Waals surface area contributed by atoms with Crippen molar-refractivity contribution in [3.05, 3.63) is 72.3 Å². The van der Waals surface area contributed by atoms with E-state index in [4.69, 9.17) is 46.4 Å². The molecule has 0 spiro atoms. The number of hydrogen-bond donors (Lipinski definition) is 1. The molecular weight excluding hydrogens is 632 g/mol. The fraction of sp³-hybridized carbons (Fsp3) is 0.292. The number of nitrogens with one attached hydrogen (secondary N) is 1. The van der Waals surface area contributed by atoms with E-state index in [0.717, 1.165) is 17.8 Å². The molecule has 5 rings (SSSR count). The van der Waals surface area contributed by atoms with Crippen LogP contribution in [0, 0.1) is 0 Å². The highest BCUT2D eigenvalue weighted by Gasteiger charge is 2.36. The van der Waals surface area contributed by atoms with Crippen molar-refractivity contribution in [1.82, 2.24) is 24.8 Å². The van der Waals surface area contributed by atoms with Crippen LogP contribution in [0.5, 0.6) is 0 Å². The largest absolute Gasteiger partial charge is 0.362 e. The molecule has 0 saturated carbocycles. The van der Waals surface area contributed by atoms with Gasteiger partial charge in [0.15, 0.2) is 0 Å². The molecule has 4 heterocycles. The van der Waals surface area contributed by atoms with Gasteiger partial charge in [0.05, 0.1) is 28.8 Å². The molecule has 0 aliphatic carbocycles. The van der Waals surface area contributed by atoms with Gasteiger partial charge in [-0.15, -0.1) is 0 Å². The second-order valence-electron chi connectivity index (χ2n) is 9.01. The molecule has 40 heavy (non-hydrogen) atoms. The van der Waals surface area contributed by atoms with Crippen LogP contribution in [0.1, 0.15) is 33.7 Å². The van der Waals surface area contributed by atoms with E-state index in [9.17, 15) is 23.2 Å². The van der Waals surface area contributed by atoms with Crippen molar-refractivity contribution in [2.45, 2.75) is 34.7 Å². The second kappa shape index (κ2) is 11.0. The van der Waals surface area contributed by atoms with Gasteiger partial charge in [0.2, 0.25) is 5.95 Å². The zero-order valence-corrected chi connectivity index (χ0v) is 24.3. The van der Waals surface area contributed by atoms with Gasteiger partial charge in [0, 0.05) is 35.5 Å². The van der Waals surface area contributed by atoms with Crippen molar-refractivity contribution < 1.29 is 18.4 Å². The molecule has 2 aliphatic heterocycles. The van der Waals surface area contributed by atoms with E-state index in [2.05, 4.69) is 9.97 Å². The summed E-state index contributed by atoms with van der Waals surface area (Å²) in [4.78, 5) is 54.5. The third kappa shape index (κ3) is 5.47. The van der Waals surface area contributed by atoms with E-state index >= 15 is 0 Å². The van der Waals surface area contributed by atoms with Gasteiger partial charge < -0.3 is 14.8 Å². The van der Waals surface area contributed by atoms with Crippen LogP contribution < -0.4 is 10.5 Å². The van der Waals surface area contributed by atoms with Crippen LogP contribution in [-0.2, 0) is 18.5 Å². The van der Waals surface area contributed by atoms with Crippen molar-refractivity contribution in [3.63, 3.8) is 0 Å². The molecule has 1 N–H and O–H groups in total. The third-order valence-electron chi connectivity index (χ3n) is 6.33. The van der Waals surface area contributed by atoms with Gasteiger partial charge in [-0.25, -0.2) is 14.8 Å². The number of carbonyl (C=O) groups is 2. The van der Waals surface area contributed by atoms with Gasteiger partial charge in [-0.2, -0.15) is 8.78 Å². The van der Waals surface area contributed by atoms with Crippen molar-refractivity contribution >= 4 is 76.1 Å². The molecule has 3 aromatic rings. The van der Waals surface area contributed by atoms with Crippen molar-refractivity contribution in [3.8, 4) is 0 Å². The molecule has 16 heteroatoms. The summed E-state index contributed by atoms with van der Waals surface area (Å²) < 4.78 is 28.0. The maximum Gasteiger partial charge on any atom is 0.362 e. The Balaban J connectivity index is 1.51. The number of H-pyrrole nitrogens is 1. The van der Waals surface area contributed by atoms with Crippen molar-refractivity contribution in [1.29, 1.82) is 0 Å². The lowest BCUT2D eigenvalue weighted by molar-refractivity contribution is 0.0739. The number of carbonyl (C=O) groups excluding carboxylic acids is 2. The second-order valence-corrected chi connectivity index (χ2v) is 11.7. The first kappa shape index (κ1) is 28.9. The molecule has 0 unspecified atom stereocenters. The molecule has 9 nitrogen and oxygen atoms in total. The number of benzene rings is 1. The van der Waals surface area contributed by atoms with Gasteiger partial charge in [-0.05, 0) is 36.2 Å². The number of aromatic amines is 1. The van der Waals surface area contributed by atoms with Gasteiger partial charge in [0.25, 0.3) is 11.5 Å². The molecule has 0 bridgehead atoms. The van der Waals surface area contributed by atoms with Gasteiger partial charge in [-0.3, -0.25) is 14.5 Å². The summed E-state index contributed by atoms with van der Waals surface area (Å²) in [7, 11) is 1.66. The molecule has 2 aromatic heterocycles. The summed E-state index contributed by atoms with van der Waals surface area (Å²) in [6.45, 7) is 0.883. The highest BCUT2D eigenvalue weighted by atomic mass is 35.5. The Kier molecular flexibility index (Phi) is 7.92. The fourth-order valence-electron chi connectivity index (χ4n) is 4.34. The van der Waals surface area contributed by atoms with Gasteiger partial charge in [-0.1, -0.05) is 52.6 Å². The van der Waals surface area contributed by atoms with Crippen LogP contribution in [0.2, 0.25) is 15.2 Å². The molecule has 0 radical (unpaired) electrons. The summed E-state index contributed by atoms with van der Waals surface area (Å²) in [5.41, 5.74) is -1.56. The lowest BCUT2D eigenvalue weighted by atomic mass is 10.2. The Morgan fingerprint density at radius 3 is 2.48 bits per heavy atom. The highest BCUT2D eigenvalue weighted by Crippen LogP contribution is 2.42. The first-order valence-corrected chi connectivity index (χ1v) is 14.0. The topological polar surface area (TPSA) is 102 Å². The minimum Gasteiger partial charge on any atom is -0.328 e. The summed E-state index contributed by atoms with van der Waals surface area (Å²) in [5.74, 6) is -0.675. The number of rotatable bonds is 5. The Labute approximate surface area is 250 Å². The number of fused-ring (bicyclic) bond motifs is 1. The third-order valence-corrected chi connectivity index (χ3v) is 8.88. The lowest BCUT2D eigenvalue weighted by Crippen LogP contribution is -2.48. The van der Waals surface area contributed by atoms with E-state index < -0.39 is 28.1 Å². The molecule has 0 atom stereocenters. The molecular formula is C24H18Cl4F2N6O3S. The van der Waals surface area contributed by atoms with E-state index in [0.29, 0.717) is 30.8 Å². The number of urea groups is 1. The number of halogens is 6. The molecule has 1 fully saturated rings. The SMILES string of the molecule is CN1CCCN(c2nc(Cl)c3c(n2)CN(C(=O)c2c(Sc4c(Cl)cccc4Cl)cc(C(F)(F)Cl)[nH]c2=O)C3)C1=O. The van der Waals surface area contributed by atoms with Crippen LogP contribution in [0.25, 0.3) is 0 Å². The number of hydrogen-bond acceptors (Lipinski definition) is 6. The first-order valence-electron chi connectivity index (χ1n) is 11.7. The van der Waals surface area contributed by atoms with E-state index in [-0.39, 0.29) is 50.1 Å². The number of nitrogens with zero attached hydrogens (tertiary/aromatic N) is 5. The van der Waals surface area contributed by atoms with Crippen LogP contribution >= 0.6 is 58.2 Å². The normalized spacial score (nSPS) is 15.6. The maximum absolute atomic E-state index is 14.0. The molecule has 3 amide bonds. The average Bonchev–Trinajstić information content (AvgIpc) is 3.32. The monoisotopic (exact) mass is 648 g/mol. The van der Waals surface area contributed by atoms with Crippen molar-refractivity contribution in [2.75, 3.05) is 25.0 Å². The molecule has 2 aliphatic rings. The van der Waals surface area contributed by atoms with Crippen LogP contribution in [0.3, 0.4) is 0 Å². The molecule has 1 aromatic carbocycles. The maximum atomic E-state index is 14.0. The Bertz CT molecular complexity index is 1580. The summed E-state index contributed by atoms with van der Waals surface area (Å²) >= 11 is 24.9. The predicted octanol–water partition coefficient (Wildman–Crippen LogP) is 5.98. The Hall–Kier alpha value is -2.64. The smallest absolute Gasteiger partial charge is 0.328 e. The highest BCUT2D eigenvalue weighted by molar-refractivity contribution is 7.99. The summed E-state index contributed by atoms with van der Waals surface area (Å²) in [6.07, 6.45) is 0.709. The Morgan fingerprint density at radius 2 is 1.80 bits per heavy atom. The quantitative estimate of drug-likeness (QED) is 0.269. The standard InChI is InChI=1S/C24H18Cl4F2N6O3S/c1-34-6-3-7-36(23(34)39)22-31-14-10-35(9-11(14)19(27)33-22)21(38)17-15(8-16(24(28,29)30)32-20(17)37)40-18-12(25)4-2-5-13(18)26/h2,4-5,8H,3,6-7,9-10H2,1H3,(H,32,37). The van der Waals surface area contributed by atoms with E-state index in [1.165, 1.54) is 26.8 Å². The van der Waals surface area contributed by atoms with Gasteiger partial charge in [0.1, 0.15) is 16.4 Å². The Morgan fingerprint density at radius 1 is 1.10 bits per heavy atom. The van der Waals surface area contributed by atoms with Crippen LogP contribution in [0.4, 0.5) is 19.5 Å². The minimum atomic E-state index is -3.91. The zero-order chi connectivity index (χ0) is 28.9. The number of aromatic nitrogens is 3. The minimum absolute atomic E-state index is 0.0507. The summed E-state index contributed by atoms with van der Waals surface area (Å²) in [5, 5.41) is -3.48. The van der Waals surface area contributed by atoms with Crippen LogP contribution in [-0.4, -0.2) is 56.8 Å². The number of amides is 3. The fourth-order valence-corrected chi connectivity index (χ4v) is 6.32. The van der Waals surface area contributed by atoms with E-state index in [1.54, 1.807) is 13.1 Å².